The molecule has 3 rings (SSSR count). The van der Waals surface area contributed by atoms with E-state index in [1.807, 2.05) is 58.4 Å². The molecule has 278 valence electrons. The zero-order chi connectivity index (χ0) is 37.1. The van der Waals surface area contributed by atoms with Gasteiger partial charge in [-0.1, -0.05) is 91.8 Å². The molecule has 5 atom stereocenters. The number of carbonyl (C=O) groups excluding carboxylic acids is 5. The topological polar surface area (TPSA) is 168 Å². The maximum absolute atomic E-state index is 13.8. The monoisotopic (exact) mass is 723 g/mol. The summed E-state index contributed by atoms with van der Waals surface area (Å²) in [4.78, 5) is 66.5. The van der Waals surface area contributed by atoms with Crippen molar-refractivity contribution in [2.75, 3.05) is 24.8 Å². The molecule has 13 heteroatoms. The summed E-state index contributed by atoms with van der Waals surface area (Å²) >= 11 is 1.75. The minimum atomic E-state index is -1.31. The Morgan fingerprint density at radius 3 is 2.00 bits per heavy atom. The van der Waals surface area contributed by atoms with E-state index in [1.165, 1.54) is 17.7 Å². The molecule has 2 fully saturated rings. The van der Waals surface area contributed by atoms with Gasteiger partial charge >= 0.3 is 6.03 Å². The van der Waals surface area contributed by atoms with Crippen LogP contribution in [0.2, 0.25) is 0 Å². The second-order valence-corrected chi connectivity index (χ2v) is 16.1. The van der Waals surface area contributed by atoms with E-state index in [-0.39, 0.29) is 17.7 Å². The molecule has 0 aromatic heterocycles. The zero-order valence-electron chi connectivity index (χ0n) is 30.8. The van der Waals surface area contributed by atoms with Gasteiger partial charge in [0.1, 0.15) is 12.1 Å². The van der Waals surface area contributed by atoms with Crippen molar-refractivity contribution >= 4 is 52.1 Å². The van der Waals surface area contributed by atoms with Crippen LogP contribution in [0.5, 0.6) is 0 Å². The molecule has 0 spiro atoms. The molecule has 1 aromatic rings. The molecular weight excluding hydrogens is 663 g/mol. The van der Waals surface area contributed by atoms with Crippen molar-refractivity contribution in [1.82, 2.24) is 20.9 Å². The van der Waals surface area contributed by atoms with Gasteiger partial charge in [-0.3, -0.25) is 23.4 Å². The van der Waals surface area contributed by atoms with Gasteiger partial charge in [0.2, 0.25) is 17.6 Å². The number of thioether (sulfide) groups is 1. The zero-order valence-corrected chi connectivity index (χ0v) is 32.5. The summed E-state index contributed by atoms with van der Waals surface area (Å²) in [6, 6.07) is 5.25. The number of rotatable bonds is 14. The number of hydrogen-bond donors (Lipinski definition) is 4. The standard InChI is InChI=1S/C30H45N5O6S.C4H10.C2H6S/c1-5-20(18-42(41)21-13-7-6-8-14-21)32-29(40)34-25(30(2,3)4)28(39)35-16-10-15-23(35)27(38)33-22(24(36)26(31)37)17-19-11-9-12-19;1-3-4-2;1-3-2/h6-8,13-14,19-20,22-23,25H,5,9-12,15-18H2,1-4H3,(H2,31,37)(H,33,38)(H2,32,34,40);3-4H2,1-2H3;1-2H3/t20?,22?,23-,25?,42?;;/m0../s1. The lowest BCUT2D eigenvalue weighted by Gasteiger charge is -2.36. The van der Waals surface area contributed by atoms with Crippen molar-refractivity contribution in [2.24, 2.45) is 17.1 Å². The van der Waals surface area contributed by atoms with Gasteiger partial charge in [0.05, 0.1) is 16.8 Å². The molecule has 1 aromatic carbocycles. The SMILES string of the molecule is CCC(CS(=O)c1ccccc1)NC(=O)NC(C(=O)N1CCC[C@H]1C(=O)NC(CC1CCC1)C(=O)C(N)=O)C(C)(C)C.CCCC.CSC. The lowest BCUT2D eigenvalue weighted by atomic mass is 9.80. The predicted octanol–water partition coefficient (Wildman–Crippen LogP) is 4.79. The average Bonchev–Trinajstić information content (AvgIpc) is 3.54. The molecule has 2 aliphatic rings. The van der Waals surface area contributed by atoms with Crippen molar-refractivity contribution in [3.05, 3.63) is 30.3 Å². The third kappa shape index (κ3) is 15.2. The molecule has 5 N–H and O–H groups in total. The van der Waals surface area contributed by atoms with Gasteiger partial charge in [0.15, 0.2) is 0 Å². The van der Waals surface area contributed by atoms with Gasteiger partial charge in [-0.15, -0.1) is 0 Å². The molecule has 5 amide bonds. The van der Waals surface area contributed by atoms with Crippen molar-refractivity contribution in [2.45, 2.75) is 128 Å². The molecule has 49 heavy (non-hydrogen) atoms. The Bertz CT molecular complexity index is 1220. The number of carbonyl (C=O) groups is 5. The number of ketones is 1. The summed E-state index contributed by atoms with van der Waals surface area (Å²) in [5.41, 5.74) is 4.55. The van der Waals surface area contributed by atoms with E-state index in [1.54, 1.807) is 23.9 Å². The molecule has 1 saturated carbocycles. The highest BCUT2D eigenvalue weighted by molar-refractivity contribution is 7.97. The number of unbranched alkanes of at least 4 members (excludes halogenated alkanes) is 1. The van der Waals surface area contributed by atoms with Crippen molar-refractivity contribution < 1.29 is 28.2 Å². The van der Waals surface area contributed by atoms with Gasteiger partial charge in [-0.2, -0.15) is 11.8 Å². The number of nitrogens with two attached hydrogens (primary N) is 1. The van der Waals surface area contributed by atoms with Crippen LogP contribution in [0, 0.1) is 11.3 Å². The summed E-state index contributed by atoms with van der Waals surface area (Å²) in [7, 11) is -1.31. The molecule has 4 unspecified atom stereocenters. The normalized spacial score (nSPS) is 18.1. The number of likely N-dealkylation sites (tertiary alicyclic amines) is 1. The summed E-state index contributed by atoms with van der Waals surface area (Å²) in [5.74, 6) is -2.39. The van der Waals surface area contributed by atoms with Crippen LogP contribution in [-0.4, -0.2) is 87.6 Å². The Morgan fingerprint density at radius 1 is 0.939 bits per heavy atom. The third-order valence-corrected chi connectivity index (χ3v) is 10.1. The van der Waals surface area contributed by atoms with Crippen LogP contribution in [0.4, 0.5) is 4.79 Å². The molecule has 0 bridgehead atoms. The highest BCUT2D eigenvalue weighted by Gasteiger charge is 2.43. The lowest BCUT2D eigenvalue weighted by Crippen LogP contribution is -2.60. The highest BCUT2D eigenvalue weighted by atomic mass is 32.2. The molecule has 1 saturated heterocycles. The molecule has 1 aliphatic carbocycles. The lowest BCUT2D eigenvalue weighted by molar-refractivity contribution is -0.143. The minimum Gasteiger partial charge on any atom is -0.363 e. The van der Waals surface area contributed by atoms with Gasteiger partial charge < -0.3 is 26.6 Å². The Labute approximate surface area is 300 Å². The summed E-state index contributed by atoms with van der Waals surface area (Å²) in [6.45, 7) is 12.0. The Hall–Kier alpha value is -2.93. The Morgan fingerprint density at radius 2 is 1.53 bits per heavy atom. The van der Waals surface area contributed by atoms with Crippen LogP contribution >= 0.6 is 11.8 Å². The molecular formula is C36H61N5O6S2. The second-order valence-electron chi connectivity index (χ2n) is 13.8. The van der Waals surface area contributed by atoms with E-state index in [9.17, 15) is 28.2 Å². The fourth-order valence-corrected chi connectivity index (χ4v) is 6.66. The third-order valence-electron chi connectivity index (χ3n) is 8.58. The summed E-state index contributed by atoms with van der Waals surface area (Å²) < 4.78 is 12.8. The van der Waals surface area contributed by atoms with Crippen molar-refractivity contribution in [3.63, 3.8) is 0 Å². The van der Waals surface area contributed by atoms with Crippen LogP contribution in [-0.2, 0) is 30.0 Å². The summed E-state index contributed by atoms with van der Waals surface area (Å²) in [5, 5.41) is 8.35. The minimum absolute atomic E-state index is 0.225. The van der Waals surface area contributed by atoms with Gasteiger partial charge in [0.25, 0.3) is 5.91 Å². The average molecular weight is 724 g/mol. The number of nitrogens with zero attached hydrogens (tertiary/aromatic N) is 1. The van der Waals surface area contributed by atoms with E-state index in [2.05, 4.69) is 29.8 Å². The van der Waals surface area contributed by atoms with Crippen molar-refractivity contribution in [3.8, 4) is 0 Å². The highest BCUT2D eigenvalue weighted by Crippen LogP contribution is 2.31. The van der Waals surface area contributed by atoms with Crippen LogP contribution in [0.3, 0.4) is 0 Å². The number of hydrogen-bond acceptors (Lipinski definition) is 7. The number of urea groups is 1. The maximum Gasteiger partial charge on any atom is 0.315 e. The maximum atomic E-state index is 13.8. The first kappa shape index (κ1) is 44.1. The largest absolute Gasteiger partial charge is 0.363 e. The molecule has 1 heterocycles. The number of primary amides is 1. The first-order valence-corrected chi connectivity index (χ1v) is 20.4. The quantitative estimate of drug-likeness (QED) is 0.200. The van der Waals surface area contributed by atoms with Crippen molar-refractivity contribution in [1.29, 1.82) is 0 Å². The van der Waals surface area contributed by atoms with Crippen LogP contribution in [0.25, 0.3) is 0 Å². The first-order chi connectivity index (χ1) is 23.1. The fraction of sp³-hybridized carbons (Fsp3) is 0.694. The second kappa shape index (κ2) is 22.7. The van der Waals surface area contributed by atoms with E-state index in [0.717, 1.165) is 19.3 Å². The molecule has 11 nitrogen and oxygen atoms in total. The van der Waals surface area contributed by atoms with Crippen LogP contribution in [0.15, 0.2) is 35.2 Å². The van der Waals surface area contributed by atoms with E-state index in [4.69, 9.17) is 5.73 Å². The van der Waals surface area contributed by atoms with Gasteiger partial charge in [0, 0.05) is 23.2 Å². The predicted molar refractivity (Wildman–Crippen MR) is 200 cm³/mol. The number of nitrogens with one attached hydrogen (secondary N) is 3. The van der Waals surface area contributed by atoms with E-state index in [0.29, 0.717) is 37.1 Å². The van der Waals surface area contributed by atoms with E-state index >= 15 is 0 Å². The Balaban J connectivity index is 0.00000157. The molecule has 1 aliphatic heterocycles. The fourth-order valence-electron chi connectivity index (χ4n) is 5.32. The smallest absolute Gasteiger partial charge is 0.315 e. The van der Waals surface area contributed by atoms with Crippen LogP contribution in [0.1, 0.15) is 99.3 Å². The van der Waals surface area contributed by atoms with Crippen LogP contribution < -0.4 is 21.7 Å². The van der Waals surface area contributed by atoms with Gasteiger partial charge in [-0.05, 0) is 61.7 Å². The summed E-state index contributed by atoms with van der Waals surface area (Å²) in [6.07, 6.45) is 11.5. The molecule has 0 radical (unpaired) electrons. The van der Waals surface area contributed by atoms with Gasteiger partial charge in [-0.25, -0.2) is 4.79 Å². The van der Waals surface area contributed by atoms with E-state index < -0.39 is 63.9 Å². The number of Topliss-reactive ketones (excluding diaryl/α,β-unsaturated/α-hetero) is 1. The first-order valence-electron chi connectivity index (χ1n) is 17.5. The number of benzene rings is 1. The Kier molecular flexibility index (Phi) is 20.4. The number of amides is 5.